The number of hydrogen-bond donors (Lipinski definition) is 0. The summed E-state index contributed by atoms with van der Waals surface area (Å²) in [5, 5.41) is 2.48. The minimum absolute atomic E-state index is 0.296. The maximum atomic E-state index is 14.6. The van der Waals surface area contributed by atoms with Crippen LogP contribution in [0.4, 0.5) is 0 Å². The van der Waals surface area contributed by atoms with Gasteiger partial charge in [0.1, 0.15) is 18.7 Å². The zero-order chi connectivity index (χ0) is 50.5. The highest BCUT2D eigenvalue weighted by Crippen LogP contribution is 2.30. The van der Waals surface area contributed by atoms with Crippen molar-refractivity contribution in [2.45, 2.75) is 177 Å². The number of hydrogen-bond acceptors (Lipinski definition) is 12. The van der Waals surface area contributed by atoms with E-state index in [0.29, 0.717) is 19.8 Å². The van der Waals surface area contributed by atoms with Crippen LogP contribution in [-0.2, 0) is 42.0 Å². The molecular formula is C51H78N3O12P3. The van der Waals surface area contributed by atoms with E-state index >= 15 is 0 Å². The molecule has 12 atom stereocenters. The molecule has 69 heavy (non-hydrogen) atoms. The molecule has 15 nitrogen and oxygen atoms in total. The van der Waals surface area contributed by atoms with Crippen molar-refractivity contribution in [3.63, 3.8) is 0 Å². The van der Waals surface area contributed by atoms with Crippen molar-refractivity contribution in [1.82, 2.24) is 13.7 Å². The van der Waals surface area contributed by atoms with Crippen molar-refractivity contribution < 1.29 is 42.0 Å². The Labute approximate surface area is 414 Å². The number of aromatic nitrogens is 3. The third kappa shape index (κ3) is 17.9. The quantitative estimate of drug-likeness (QED) is 0.0254. The molecule has 0 aliphatic heterocycles. The maximum Gasteiger partial charge on any atom is 0.340 e. The van der Waals surface area contributed by atoms with Crippen molar-refractivity contribution in [2.75, 3.05) is 19.8 Å². The van der Waals surface area contributed by atoms with E-state index in [1.807, 2.05) is 114 Å². The molecule has 0 radical (unpaired) electrons. The lowest BCUT2D eigenvalue weighted by Gasteiger charge is -2.25. The summed E-state index contributed by atoms with van der Waals surface area (Å²) in [5.41, 5.74) is -0.0143. The van der Waals surface area contributed by atoms with Gasteiger partial charge in [0.05, 0.1) is 18.3 Å². The van der Waals surface area contributed by atoms with E-state index in [1.54, 1.807) is 20.8 Å². The average Bonchev–Trinajstić information content (AvgIpc) is 3.32. The van der Waals surface area contributed by atoms with Crippen molar-refractivity contribution in [1.29, 1.82) is 0 Å². The maximum absolute atomic E-state index is 14.6. The smallest absolute Gasteiger partial charge is 0.340 e. The van der Waals surface area contributed by atoms with Crippen molar-refractivity contribution in [2.24, 2.45) is 0 Å². The first-order valence-corrected chi connectivity index (χ1v) is 27.2. The molecule has 0 spiro atoms. The fourth-order valence-corrected chi connectivity index (χ4v) is 10.3. The molecule has 0 aliphatic rings. The first-order chi connectivity index (χ1) is 33.1. The normalized spacial score (nSPS) is 16.3. The molecule has 18 heteroatoms. The van der Waals surface area contributed by atoms with Crippen LogP contribution >= 0.6 is 26.4 Å². The molecule has 0 bridgehead atoms. The number of rotatable bonds is 33. The summed E-state index contributed by atoms with van der Waals surface area (Å²) in [6.07, 6.45) is 0.205. The monoisotopic (exact) mass is 1020 g/mol. The molecule has 0 amide bonds. The third-order valence-electron chi connectivity index (χ3n) is 11.3. The van der Waals surface area contributed by atoms with E-state index < -0.39 is 54.6 Å². The minimum Gasteiger partial charge on any atom is -0.353 e. The van der Waals surface area contributed by atoms with Crippen LogP contribution in [-0.4, -0.2) is 52.4 Å². The number of benzene rings is 3. The number of unbranched alkanes of at least 4 members (excludes halogenated alkanes) is 3. The van der Waals surface area contributed by atoms with Gasteiger partial charge in [0.25, 0.3) is 0 Å². The highest BCUT2D eigenvalue weighted by Gasteiger charge is 2.28. The largest absolute Gasteiger partial charge is 0.353 e. The summed E-state index contributed by atoms with van der Waals surface area (Å²) in [7, 11) is -0.888. The summed E-state index contributed by atoms with van der Waals surface area (Å²) in [4.78, 5) is 43.8. The van der Waals surface area contributed by atoms with E-state index in [9.17, 15) is 14.4 Å². The molecule has 0 saturated heterocycles. The van der Waals surface area contributed by atoms with Gasteiger partial charge in [-0.3, -0.25) is 0 Å². The second kappa shape index (κ2) is 30.8. The van der Waals surface area contributed by atoms with Gasteiger partial charge in [0.15, 0.2) is 18.9 Å². The first kappa shape index (κ1) is 58.6. The van der Waals surface area contributed by atoms with Crippen LogP contribution in [0.15, 0.2) is 87.2 Å². The lowest BCUT2D eigenvalue weighted by Crippen LogP contribution is -2.57. The molecule has 4 aromatic rings. The molecule has 3 aromatic carbocycles. The predicted octanol–water partition coefficient (Wildman–Crippen LogP) is 10.3. The molecule has 1 heterocycles. The van der Waals surface area contributed by atoms with Crippen LogP contribution in [0.25, 0.3) is 0 Å². The second-order valence-electron chi connectivity index (χ2n) is 16.9. The van der Waals surface area contributed by atoms with Gasteiger partial charge >= 0.3 is 17.1 Å². The lowest BCUT2D eigenvalue weighted by molar-refractivity contribution is -0.158. The first-order valence-electron chi connectivity index (χ1n) is 24.5. The molecule has 384 valence electrons. The highest BCUT2D eigenvalue weighted by atomic mass is 31.1. The van der Waals surface area contributed by atoms with Gasteiger partial charge in [-0.25, -0.2) is 28.1 Å². The Balaban J connectivity index is 1.67. The van der Waals surface area contributed by atoms with E-state index in [2.05, 4.69) is 20.8 Å². The van der Waals surface area contributed by atoms with Crippen molar-refractivity contribution in [3.8, 4) is 0 Å². The molecular weight excluding hydrogens is 939 g/mol. The zero-order valence-electron chi connectivity index (χ0n) is 42.7. The molecule has 12 unspecified atom stereocenters. The minimum atomic E-state index is -1.12. The fraction of sp³-hybridized carbons (Fsp3) is 0.588. The van der Waals surface area contributed by atoms with E-state index in [0.717, 1.165) is 84.8 Å². The van der Waals surface area contributed by atoms with E-state index in [4.69, 9.17) is 42.0 Å². The van der Waals surface area contributed by atoms with Gasteiger partial charge in [0, 0.05) is 62.2 Å². The fourth-order valence-electron chi connectivity index (χ4n) is 7.35. The Kier molecular flexibility index (Phi) is 26.1. The molecule has 1 aromatic heterocycles. The molecule has 0 saturated carbocycles. The van der Waals surface area contributed by atoms with Gasteiger partial charge in [0.2, 0.25) is 0 Å². The molecule has 0 fully saturated rings. The SMILES string of the molecule is CCCCOC(C)OC(C)c1ccccc1POC(C)n1c(=O)n(C(C)OPc2ccccc2C(C)OC(C)OCCCC)c(=O)n(C(C)OPc2ccccc2C(C)OC(C)OCCCC)c1=O. The lowest BCUT2D eigenvalue weighted by atomic mass is 10.1. The Hall–Kier alpha value is -3.00. The van der Waals surface area contributed by atoms with Crippen LogP contribution < -0.4 is 33.0 Å². The van der Waals surface area contributed by atoms with Crippen LogP contribution in [0.2, 0.25) is 0 Å². The Morgan fingerprint density at radius 1 is 0.406 bits per heavy atom. The van der Waals surface area contributed by atoms with Gasteiger partial charge in [-0.05, 0) is 98.3 Å². The van der Waals surface area contributed by atoms with Gasteiger partial charge in [-0.1, -0.05) is 113 Å². The highest BCUT2D eigenvalue weighted by molar-refractivity contribution is 7.42. The van der Waals surface area contributed by atoms with Crippen LogP contribution in [0.5, 0.6) is 0 Å². The Morgan fingerprint density at radius 3 is 0.899 bits per heavy atom. The van der Waals surface area contributed by atoms with Crippen LogP contribution in [0.1, 0.15) is 175 Å². The van der Waals surface area contributed by atoms with Gasteiger partial charge in [-0.2, -0.15) is 0 Å². The number of ether oxygens (including phenoxy) is 6. The van der Waals surface area contributed by atoms with Crippen molar-refractivity contribution >= 4 is 42.3 Å². The summed E-state index contributed by atoms with van der Waals surface area (Å²) >= 11 is 0. The van der Waals surface area contributed by atoms with Crippen LogP contribution in [0.3, 0.4) is 0 Å². The van der Waals surface area contributed by atoms with E-state index in [-0.39, 0.29) is 44.7 Å². The van der Waals surface area contributed by atoms with Gasteiger partial charge < -0.3 is 42.0 Å². The topological polar surface area (TPSA) is 149 Å². The molecule has 4 rings (SSSR count). The molecule has 0 N–H and O–H groups in total. The standard InChI is InChI=1S/C51H78N3O12P3/c1-13-16-31-58-40(10)61-34(4)43-25-19-22-28-46(43)67-64-37(7)52-49(55)53(38(8)65-68-47-29-23-20-26-44(47)35(5)62-41(11)59-32-17-14-2)51(57)54(50(52)56)39(9)66-69-48-30-24-21-27-45(48)36(6)63-42(12)60-33-18-15-3/h19-30,34-42,67-69H,13-18,31-33H2,1-12H3. The average molecular weight is 1020 g/mol. The summed E-state index contributed by atoms with van der Waals surface area (Å²) in [6, 6.07) is 23.1. The summed E-state index contributed by atoms with van der Waals surface area (Å²) in [5.74, 6) is 0. The molecule has 0 aliphatic carbocycles. The van der Waals surface area contributed by atoms with Crippen LogP contribution in [0, 0.1) is 0 Å². The zero-order valence-corrected chi connectivity index (χ0v) is 45.7. The second-order valence-corrected chi connectivity index (χ2v) is 19.8. The van der Waals surface area contributed by atoms with Gasteiger partial charge in [-0.15, -0.1) is 0 Å². The summed E-state index contributed by atoms with van der Waals surface area (Å²) in [6.45, 7) is 24.4. The third-order valence-corrected chi connectivity index (χ3v) is 14.7. The predicted molar refractivity (Wildman–Crippen MR) is 279 cm³/mol. The van der Waals surface area contributed by atoms with Crippen molar-refractivity contribution in [3.05, 3.63) is 121 Å². The number of nitrogens with zero attached hydrogens (tertiary/aromatic N) is 3. The van der Waals surface area contributed by atoms with E-state index in [1.165, 1.54) is 0 Å². The Bertz CT molecular complexity index is 2030. The Morgan fingerprint density at radius 2 is 0.652 bits per heavy atom. The summed E-state index contributed by atoms with van der Waals surface area (Å²) < 4.78 is 58.1.